The minimum Gasteiger partial charge on any atom is -0.363 e. The monoisotopic (exact) mass is 255 g/mol. The predicted molar refractivity (Wildman–Crippen MR) is 65.1 cm³/mol. The van der Waals surface area contributed by atoms with E-state index in [0.717, 1.165) is 13.1 Å². The highest BCUT2D eigenvalue weighted by Gasteiger charge is 2.33. The molecule has 0 unspecified atom stereocenters. The third-order valence-corrected chi connectivity index (χ3v) is 2.87. The first kappa shape index (κ1) is 12.3. The van der Waals surface area contributed by atoms with Crippen LogP contribution in [0.2, 0.25) is 5.02 Å². The molecule has 0 aromatic carbocycles. The van der Waals surface area contributed by atoms with Crippen LogP contribution >= 0.6 is 11.6 Å². The topological polar surface area (TPSA) is 63.2 Å². The zero-order chi connectivity index (χ0) is 12.3. The minimum atomic E-state index is -0.251. The van der Waals surface area contributed by atoms with Crippen LogP contribution in [-0.4, -0.2) is 36.2 Å². The molecular weight excluding hydrogens is 242 g/mol. The van der Waals surface area contributed by atoms with Crippen LogP contribution in [-0.2, 0) is 9.53 Å². The molecule has 2 heterocycles. The van der Waals surface area contributed by atoms with Gasteiger partial charge in [-0.25, -0.2) is 4.98 Å². The molecule has 1 saturated heterocycles. The molecule has 2 rings (SSSR count). The Kier molecular flexibility index (Phi) is 3.61. The predicted octanol–water partition coefficient (Wildman–Crippen LogP) is 1.05. The summed E-state index contributed by atoms with van der Waals surface area (Å²) in [6, 6.07) is 3.37. The smallest absolute Gasteiger partial charge is 0.251 e. The number of nitrogens with zero attached hydrogens (tertiary/aromatic N) is 1. The summed E-state index contributed by atoms with van der Waals surface area (Å²) < 4.78 is 5.49. The van der Waals surface area contributed by atoms with Gasteiger partial charge in [-0.1, -0.05) is 11.6 Å². The second kappa shape index (κ2) is 5.00. The number of anilines is 1. The van der Waals surface area contributed by atoms with E-state index in [1.54, 1.807) is 18.3 Å². The molecule has 0 spiro atoms. The molecule has 1 fully saturated rings. The number of hydrogen-bond acceptors (Lipinski definition) is 4. The van der Waals surface area contributed by atoms with Crippen LogP contribution in [0.3, 0.4) is 0 Å². The van der Waals surface area contributed by atoms with Crippen LogP contribution < -0.4 is 10.6 Å². The van der Waals surface area contributed by atoms with E-state index < -0.39 is 0 Å². The summed E-state index contributed by atoms with van der Waals surface area (Å²) in [5.74, 6) is 0.110. The fraction of sp³-hybridized carbons (Fsp3) is 0.455. The minimum absolute atomic E-state index is 0.00504. The van der Waals surface area contributed by atoms with Gasteiger partial charge in [0, 0.05) is 19.3 Å². The first-order chi connectivity index (χ1) is 8.09. The number of carbonyl (C=O) groups excluding carboxylic acids is 1. The lowest BCUT2D eigenvalue weighted by Gasteiger charge is -2.38. The molecule has 1 aliphatic heterocycles. The molecule has 0 aliphatic carbocycles. The molecule has 92 valence electrons. The Morgan fingerprint density at radius 1 is 1.71 bits per heavy atom. The molecule has 1 aromatic rings. The number of carbonyl (C=O) groups is 1. The second-order valence-corrected chi connectivity index (χ2v) is 4.63. The first-order valence-electron chi connectivity index (χ1n) is 5.34. The first-order valence-corrected chi connectivity index (χ1v) is 5.72. The van der Waals surface area contributed by atoms with Crippen LogP contribution in [0.25, 0.3) is 0 Å². The second-order valence-electron chi connectivity index (χ2n) is 4.22. The molecule has 1 amide bonds. The van der Waals surface area contributed by atoms with Gasteiger partial charge in [0.05, 0.1) is 10.6 Å². The summed E-state index contributed by atoms with van der Waals surface area (Å²) in [4.78, 5) is 15.6. The fourth-order valence-corrected chi connectivity index (χ4v) is 1.63. The standard InChI is InChI=1S/C11H14ClN3O2/c1-11(6-13-7-11)17-5-9(16)15-10-8(12)3-2-4-14-10/h2-4,13H,5-7H2,1H3,(H,14,15,16). The third-order valence-electron chi connectivity index (χ3n) is 2.57. The molecule has 5 nitrogen and oxygen atoms in total. The van der Waals surface area contributed by atoms with E-state index in [4.69, 9.17) is 16.3 Å². The van der Waals surface area contributed by atoms with Crippen LogP contribution in [0.15, 0.2) is 18.3 Å². The molecule has 0 atom stereocenters. The number of rotatable bonds is 4. The lowest BCUT2D eigenvalue weighted by Crippen LogP contribution is -2.59. The molecule has 1 aliphatic rings. The maximum Gasteiger partial charge on any atom is 0.251 e. The van der Waals surface area contributed by atoms with Gasteiger partial charge in [0.1, 0.15) is 6.61 Å². The average Bonchev–Trinajstić information content (AvgIpc) is 2.27. The van der Waals surface area contributed by atoms with Gasteiger partial charge >= 0.3 is 0 Å². The number of pyridine rings is 1. The van der Waals surface area contributed by atoms with Crippen molar-refractivity contribution in [3.63, 3.8) is 0 Å². The SMILES string of the molecule is CC1(OCC(=O)Nc2ncccc2Cl)CNC1. The fourth-order valence-electron chi connectivity index (χ4n) is 1.46. The maximum absolute atomic E-state index is 11.6. The number of amides is 1. The van der Waals surface area contributed by atoms with Crippen molar-refractivity contribution in [1.29, 1.82) is 0 Å². The van der Waals surface area contributed by atoms with E-state index in [0.29, 0.717) is 10.8 Å². The Labute approximate surface area is 105 Å². The van der Waals surface area contributed by atoms with Gasteiger partial charge in [-0.15, -0.1) is 0 Å². The average molecular weight is 256 g/mol. The molecule has 2 N–H and O–H groups in total. The van der Waals surface area contributed by atoms with Crippen molar-refractivity contribution < 1.29 is 9.53 Å². The normalized spacial score (nSPS) is 17.3. The van der Waals surface area contributed by atoms with Crippen molar-refractivity contribution in [2.75, 3.05) is 25.0 Å². The highest BCUT2D eigenvalue weighted by atomic mass is 35.5. The van der Waals surface area contributed by atoms with Crippen LogP contribution in [0.4, 0.5) is 5.82 Å². The third kappa shape index (κ3) is 3.15. The Balaban J connectivity index is 1.83. The summed E-state index contributed by atoms with van der Waals surface area (Å²) in [6.07, 6.45) is 1.57. The van der Waals surface area contributed by atoms with Crippen LogP contribution in [0.5, 0.6) is 0 Å². The zero-order valence-electron chi connectivity index (χ0n) is 9.50. The molecule has 1 aromatic heterocycles. The van der Waals surface area contributed by atoms with Gasteiger partial charge in [0.25, 0.3) is 5.91 Å². The van der Waals surface area contributed by atoms with E-state index in [2.05, 4.69) is 15.6 Å². The number of nitrogens with one attached hydrogen (secondary N) is 2. The Hall–Kier alpha value is -1.17. The van der Waals surface area contributed by atoms with Crippen molar-refractivity contribution in [2.24, 2.45) is 0 Å². The quantitative estimate of drug-likeness (QED) is 0.844. The molecule has 0 saturated carbocycles. The summed E-state index contributed by atoms with van der Waals surface area (Å²) in [5.41, 5.74) is -0.231. The van der Waals surface area contributed by atoms with Gasteiger partial charge < -0.3 is 15.4 Å². The molecule has 0 radical (unpaired) electrons. The van der Waals surface area contributed by atoms with Crippen LogP contribution in [0.1, 0.15) is 6.92 Å². The Bertz CT molecular complexity index is 421. The number of aromatic nitrogens is 1. The Morgan fingerprint density at radius 3 is 3.06 bits per heavy atom. The number of hydrogen-bond donors (Lipinski definition) is 2. The molecule has 0 bridgehead atoms. The maximum atomic E-state index is 11.6. The summed E-state index contributed by atoms with van der Waals surface area (Å²) in [7, 11) is 0. The van der Waals surface area contributed by atoms with E-state index in [-0.39, 0.29) is 18.1 Å². The summed E-state index contributed by atoms with van der Waals surface area (Å²) in [5, 5.41) is 6.11. The van der Waals surface area contributed by atoms with Crippen molar-refractivity contribution in [1.82, 2.24) is 10.3 Å². The van der Waals surface area contributed by atoms with E-state index in [1.165, 1.54) is 0 Å². The van der Waals surface area contributed by atoms with Crippen molar-refractivity contribution >= 4 is 23.3 Å². The van der Waals surface area contributed by atoms with Gasteiger partial charge in [0.15, 0.2) is 5.82 Å². The highest BCUT2D eigenvalue weighted by molar-refractivity contribution is 6.33. The highest BCUT2D eigenvalue weighted by Crippen LogP contribution is 2.18. The van der Waals surface area contributed by atoms with Crippen LogP contribution in [0, 0.1) is 0 Å². The zero-order valence-corrected chi connectivity index (χ0v) is 10.3. The van der Waals surface area contributed by atoms with Gasteiger partial charge in [-0.2, -0.15) is 0 Å². The molecule has 6 heteroatoms. The van der Waals surface area contributed by atoms with Gasteiger partial charge in [-0.05, 0) is 19.1 Å². The van der Waals surface area contributed by atoms with Gasteiger partial charge in [0.2, 0.25) is 0 Å². The lowest BCUT2D eigenvalue weighted by molar-refractivity contribution is -0.130. The van der Waals surface area contributed by atoms with E-state index in [1.807, 2.05) is 6.92 Å². The molecule has 17 heavy (non-hydrogen) atoms. The largest absolute Gasteiger partial charge is 0.363 e. The van der Waals surface area contributed by atoms with Gasteiger partial charge in [-0.3, -0.25) is 4.79 Å². The molecular formula is C11H14ClN3O2. The van der Waals surface area contributed by atoms with E-state index >= 15 is 0 Å². The Morgan fingerprint density at radius 2 is 2.47 bits per heavy atom. The lowest BCUT2D eigenvalue weighted by atomic mass is 10.0. The summed E-state index contributed by atoms with van der Waals surface area (Å²) in [6.45, 7) is 3.50. The van der Waals surface area contributed by atoms with Crippen molar-refractivity contribution in [3.05, 3.63) is 23.4 Å². The van der Waals surface area contributed by atoms with Crippen molar-refractivity contribution in [2.45, 2.75) is 12.5 Å². The summed E-state index contributed by atoms with van der Waals surface area (Å²) >= 11 is 5.87. The number of halogens is 1. The van der Waals surface area contributed by atoms with Crippen molar-refractivity contribution in [3.8, 4) is 0 Å². The van der Waals surface area contributed by atoms with E-state index in [9.17, 15) is 4.79 Å². The number of ether oxygens (including phenoxy) is 1.